The average molecular weight is 280 g/mol. The van der Waals surface area contributed by atoms with Gasteiger partial charge in [-0.05, 0) is 33.6 Å². The molecular formula is C15H28N4O. The average Bonchev–Trinajstić information content (AvgIpc) is 2.35. The van der Waals surface area contributed by atoms with Crippen LogP contribution in [0.2, 0.25) is 0 Å². The minimum atomic E-state index is -0.473. The van der Waals surface area contributed by atoms with E-state index in [1.165, 1.54) is 0 Å². The van der Waals surface area contributed by atoms with E-state index in [9.17, 15) is 5.11 Å². The predicted octanol–water partition coefficient (Wildman–Crippen LogP) is 2.82. The summed E-state index contributed by atoms with van der Waals surface area (Å²) in [6.07, 6.45) is 2.44. The molecule has 0 saturated carbocycles. The maximum atomic E-state index is 9.80. The third-order valence-electron chi connectivity index (χ3n) is 3.30. The van der Waals surface area contributed by atoms with Gasteiger partial charge in [0.15, 0.2) is 0 Å². The van der Waals surface area contributed by atoms with Crippen LogP contribution in [-0.2, 0) is 6.42 Å². The van der Waals surface area contributed by atoms with Gasteiger partial charge in [-0.25, -0.2) is 9.97 Å². The lowest BCUT2D eigenvalue weighted by Crippen LogP contribution is -2.42. The van der Waals surface area contributed by atoms with Crippen molar-refractivity contribution in [2.75, 3.05) is 17.2 Å². The minimum Gasteiger partial charge on any atom is -0.391 e. The lowest BCUT2D eigenvalue weighted by atomic mass is 9.99. The summed E-state index contributed by atoms with van der Waals surface area (Å²) in [5.74, 6) is 2.43. The van der Waals surface area contributed by atoms with Crippen LogP contribution in [0.3, 0.4) is 0 Å². The van der Waals surface area contributed by atoms with E-state index in [-0.39, 0.29) is 0 Å². The molecule has 1 atom stereocenters. The standard InChI is InChI=1S/C15H28N4O/c1-6-8-12-17-13(16-9-7-2)10-14(18-12)19-15(4,5)11(3)20/h10-11,20H,6-9H2,1-5H3,(H2,16,17,18,19). The Morgan fingerprint density at radius 2 is 1.85 bits per heavy atom. The van der Waals surface area contributed by atoms with E-state index < -0.39 is 11.6 Å². The fraction of sp³-hybridized carbons (Fsp3) is 0.733. The zero-order chi connectivity index (χ0) is 15.2. The Kier molecular flexibility index (Phi) is 6.20. The Hall–Kier alpha value is -1.36. The highest BCUT2D eigenvalue weighted by Crippen LogP contribution is 2.19. The van der Waals surface area contributed by atoms with Crippen molar-refractivity contribution in [2.45, 2.75) is 65.5 Å². The molecule has 0 saturated heterocycles. The van der Waals surface area contributed by atoms with Gasteiger partial charge < -0.3 is 15.7 Å². The van der Waals surface area contributed by atoms with Gasteiger partial charge in [-0.3, -0.25) is 0 Å². The van der Waals surface area contributed by atoms with Gasteiger partial charge in [-0.2, -0.15) is 0 Å². The molecule has 1 unspecified atom stereocenters. The van der Waals surface area contributed by atoms with Crippen LogP contribution in [0, 0.1) is 0 Å². The Morgan fingerprint density at radius 3 is 2.40 bits per heavy atom. The van der Waals surface area contributed by atoms with E-state index in [2.05, 4.69) is 34.4 Å². The van der Waals surface area contributed by atoms with Gasteiger partial charge in [0.05, 0.1) is 11.6 Å². The number of aryl methyl sites for hydroxylation is 1. The lowest BCUT2D eigenvalue weighted by Gasteiger charge is -2.30. The van der Waals surface area contributed by atoms with Crippen LogP contribution in [0.4, 0.5) is 11.6 Å². The second kappa shape index (κ2) is 7.43. The maximum Gasteiger partial charge on any atom is 0.133 e. The van der Waals surface area contributed by atoms with E-state index >= 15 is 0 Å². The normalized spacial score (nSPS) is 13.1. The molecule has 1 rings (SSSR count). The van der Waals surface area contributed by atoms with Crippen molar-refractivity contribution in [1.82, 2.24) is 9.97 Å². The van der Waals surface area contributed by atoms with Crippen LogP contribution in [0.1, 0.15) is 53.3 Å². The molecule has 114 valence electrons. The summed E-state index contributed by atoms with van der Waals surface area (Å²) in [5.41, 5.74) is -0.431. The Bertz CT molecular complexity index is 418. The van der Waals surface area contributed by atoms with Crippen LogP contribution < -0.4 is 10.6 Å². The first-order chi connectivity index (χ1) is 9.39. The second-order valence-corrected chi connectivity index (χ2v) is 5.75. The zero-order valence-electron chi connectivity index (χ0n) is 13.3. The Labute approximate surface area is 122 Å². The second-order valence-electron chi connectivity index (χ2n) is 5.75. The summed E-state index contributed by atoms with van der Waals surface area (Å²) in [4.78, 5) is 9.04. The molecule has 0 aliphatic carbocycles. The van der Waals surface area contributed by atoms with Crippen molar-refractivity contribution in [3.8, 4) is 0 Å². The van der Waals surface area contributed by atoms with Gasteiger partial charge in [-0.1, -0.05) is 13.8 Å². The Morgan fingerprint density at radius 1 is 1.20 bits per heavy atom. The van der Waals surface area contributed by atoms with Crippen LogP contribution in [0.25, 0.3) is 0 Å². The number of nitrogens with one attached hydrogen (secondary N) is 2. The molecule has 0 spiro atoms. The molecule has 0 fully saturated rings. The SMILES string of the molecule is CCCNc1cc(NC(C)(C)C(C)O)nc(CCC)n1. The van der Waals surface area contributed by atoms with Gasteiger partial charge in [0.25, 0.3) is 0 Å². The van der Waals surface area contributed by atoms with Crippen molar-refractivity contribution in [1.29, 1.82) is 0 Å². The summed E-state index contributed by atoms with van der Waals surface area (Å²) >= 11 is 0. The molecule has 0 aliphatic rings. The van der Waals surface area contributed by atoms with E-state index in [1.54, 1.807) is 6.92 Å². The van der Waals surface area contributed by atoms with Gasteiger partial charge in [0.2, 0.25) is 0 Å². The molecule has 0 aliphatic heterocycles. The number of aromatic nitrogens is 2. The molecule has 0 bridgehead atoms. The topological polar surface area (TPSA) is 70.1 Å². The molecule has 0 aromatic carbocycles. The molecule has 5 nitrogen and oxygen atoms in total. The summed E-state index contributed by atoms with van der Waals surface area (Å²) in [6.45, 7) is 10.8. The number of anilines is 2. The third kappa shape index (κ3) is 4.96. The molecule has 0 amide bonds. The van der Waals surface area contributed by atoms with E-state index in [1.807, 2.05) is 19.9 Å². The van der Waals surface area contributed by atoms with Crippen molar-refractivity contribution < 1.29 is 5.11 Å². The number of aliphatic hydroxyl groups excluding tert-OH is 1. The summed E-state index contributed by atoms with van der Waals surface area (Å²) < 4.78 is 0. The van der Waals surface area contributed by atoms with Crippen molar-refractivity contribution in [3.63, 3.8) is 0 Å². The predicted molar refractivity (Wildman–Crippen MR) is 84.2 cm³/mol. The minimum absolute atomic E-state index is 0.431. The van der Waals surface area contributed by atoms with E-state index in [0.717, 1.165) is 43.3 Å². The maximum absolute atomic E-state index is 9.80. The first-order valence-corrected chi connectivity index (χ1v) is 7.47. The third-order valence-corrected chi connectivity index (χ3v) is 3.30. The molecule has 3 N–H and O–H groups in total. The smallest absolute Gasteiger partial charge is 0.133 e. The lowest BCUT2D eigenvalue weighted by molar-refractivity contribution is 0.133. The molecule has 1 heterocycles. The van der Waals surface area contributed by atoms with Crippen LogP contribution in [0.5, 0.6) is 0 Å². The monoisotopic (exact) mass is 280 g/mol. The molecule has 1 aromatic rings. The zero-order valence-corrected chi connectivity index (χ0v) is 13.3. The highest BCUT2D eigenvalue weighted by atomic mass is 16.3. The fourth-order valence-corrected chi connectivity index (χ4v) is 1.67. The fourth-order valence-electron chi connectivity index (χ4n) is 1.67. The highest BCUT2D eigenvalue weighted by molar-refractivity contribution is 5.49. The number of aliphatic hydroxyl groups is 1. The van der Waals surface area contributed by atoms with Gasteiger partial charge in [-0.15, -0.1) is 0 Å². The first-order valence-electron chi connectivity index (χ1n) is 7.47. The summed E-state index contributed by atoms with van der Waals surface area (Å²) in [5, 5.41) is 16.4. The molecule has 5 heteroatoms. The van der Waals surface area contributed by atoms with Crippen LogP contribution >= 0.6 is 0 Å². The van der Waals surface area contributed by atoms with Gasteiger partial charge >= 0.3 is 0 Å². The molecule has 1 aromatic heterocycles. The van der Waals surface area contributed by atoms with Crippen molar-refractivity contribution >= 4 is 11.6 Å². The number of nitrogens with zero attached hydrogens (tertiary/aromatic N) is 2. The van der Waals surface area contributed by atoms with Gasteiger partial charge in [0.1, 0.15) is 17.5 Å². The number of rotatable bonds is 8. The first kappa shape index (κ1) is 16.7. The van der Waals surface area contributed by atoms with E-state index in [0.29, 0.717) is 0 Å². The largest absolute Gasteiger partial charge is 0.391 e. The van der Waals surface area contributed by atoms with Crippen molar-refractivity contribution in [2.24, 2.45) is 0 Å². The molecule has 20 heavy (non-hydrogen) atoms. The van der Waals surface area contributed by atoms with Crippen LogP contribution in [0.15, 0.2) is 6.07 Å². The van der Waals surface area contributed by atoms with Crippen molar-refractivity contribution in [3.05, 3.63) is 11.9 Å². The molecular weight excluding hydrogens is 252 g/mol. The van der Waals surface area contributed by atoms with Crippen LogP contribution in [-0.4, -0.2) is 33.3 Å². The number of hydrogen-bond acceptors (Lipinski definition) is 5. The van der Waals surface area contributed by atoms with E-state index in [4.69, 9.17) is 0 Å². The van der Waals surface area contributed by atoms with Gasteiger partial charge in [0, 0.05) is 19.0 Å². The highest BCUT2D eigenvalue weighted by Gasteiger charge is 2.24. The quantitative estimate of drug-likeness (QED) is 0.683. The summed E-state index contributed by atoms with van der Waals surface area (Å²) in [7, 11) is 0. The molecule has 0 radical (unpaired) electrons. The summed E-state index contributed by atoms with van der Waals surface area (Å²) in [6, 6.07) is 1.90. The number of hydrogen-bond donors (Lipinski definition) is 3. The Balaban J connectivity index is 2.96.